The van der Waals surface area contributed by atoms with Gasteiger partial charge in [0.15, 0.2) is 5.75 Å². The first-order chi connectivity index (χ1) is 22.2. The van der Waals surface area contributed by atoms with Gasteiger partial charge < -0.3 is 19.4 Å². The van der Waals surface area contributed by atoms with E-state index in [1.54, 1.807) is 0 Å². The predicted octanol–water partition coefficient (Wildman–Crippen LogP) is 11.7. The van der Waals surface area contributed by atoms with Crippen LogP contribution in [0.3, 0.4) is 0 Å². The molecule has 5 heteroatoms. The number of fused-ring (bicyclic) bond motifs is 1. The third-order valence-corrected chi connectivity index (χ3v) is 8.26. The number of nitrogens with zero attached hydrogens (tertiary/aromatic N) is 1. The lowest BCUT2D eigenvalue weighted by molar-refractivity contribution is 0.272. The summed E-state index contributed by atoms with van der Waals surface area (Å²) >= 11 is 0. The molecule has 0 aliphatic carbocycles. The number of aryl methyl sites for hydroxylation is 1. The zero-order chi connectivity index (χ0) is 33.7. The zero-order valence-corrected chi connectivity index (χ0v) is 30.5. The molecule has 0 aliphatic rings. The van der Waals surface area contributed by atoms with Crippen molar-refractivity contribution in [2.45, 2.75) is 139 Å². The second-order valence-corrected chi connectivity index (χ2v) is 13.2. The average Bonchev–Trinajstić information content (AvgIpc) is 3.01. The van der Waals surface area contributed by atoms with Crippen LogP contribution in [0.1, 0.15) is 132 Å². The summed E-state index contributed by atoms with van der Waals surface area (Å²) in [6.07, 6.45) is 22.0. The fourth-order valence-electron chi connectivity index (χ4n) is 5.37. The van der Waals surface area contributed by atoms with Crippen molar-refractivity contribution in [2.75, 3.05) is 25.1 Å². The topological polar surface area (TPSA) is 52.5 Å². The van der Waals surface area contributed by atoms with Crippen molar-refractivity contribution in [1.82, 2.24) is 4.57 Å². The molecule has 0 amide bonds. The van der Waals surface area contributed by atoms with Crippen LogP contribution in [0.25, 0.3) is 10.9 Å². The van der Waals surface area contributed by atoms with E-state index in [0.717, 1.165) is 74.5 Å². The molecule has 0 spiro atoms. The number of hydrogen-bond acceptors (Lipinski definition) is 4. The second kappa shape index (κ2) is 22.3. The Kier molecular flexibility index (Phi) is 18.9. The molecule has 0 aliphatic heterocycles. The van der Waals surface area contributed by atoms with Crippen LogP contribution < -0.4 is 20.3 Å². The molecule has 2 aromatic rings. The minimum atomic E-state index is -0.0987. The maximum atomic E-state index is 14.1. The normalized spacial score (nSPS) is 11.9. The molecule has 0 saturated heterocycles. The van der Waals surface area contributed by atoms with E-state index >= 15 is 0 Å². The van der Waals surface area contributed by atoms with E-state index in [1.807, 2.05) is 4.57 Å². The summed E-state index contributed by atoms with van der Waals surface area (Å²) in [5, 5.41) is 4.48. The van der Waals surface area contributed by atoms with E-state index in [4.69, 9.17) is 9.47 Å². The van der Waals surface area contributed by atoms with E-state index < -0.39 is 0 Å². The Labute approximate surface area is 280 Å². The Balaban J connectivity index is 2.40. The molecule has 1 aromatic carbocycles. The van der Waals surface area contributed by atoms with Crippen molar-refractivity contribution in [3.05, 3.63) is 75.1 Å². The monoisotopic (exact) mass is 632 g/mol. The minimum absolute atomic E-state index is 0.0987. The first-order valence-electron chi connectivity index (χ1n) is 18.0. The summed E-state index contributed by atoms with van der Waals surface area (Å²) in [7, 11) is 0. The fourth-order valence-corrected chi connectivity index (χ4v) is 5.37. The summed E-state index contributed by atoms with van der Waals surface area (Å²) in [5.41, 5.74) is 7.14. The Morgan fingerprint density at radius 2 is 1.37 bits per heavy atom. The van der Waals surface area contributed by atoms with Crippen molar-refractivity contribution < 1.29 is 9.47 Å². The molecule has 0 unspecified atom stereocenters. The first-order valence-corrected chi connectivity index (χ1v) is 18.0. The lowest BCUT2D eigenvalue weighted by Gasteiger charge is -2.19. The summed E-state index contributed by atoms with van der Waals surface area (Å²) < 4.78 is 14.6. The maximum Gasteiger partial charge on any atom is 0.297 e. The van der Waals surface area contributed by atoms with E-state index in [0.29, 0.717) is 31.3 Å². The molecule has 0 saturated carbocycles. The van der Waals surface area contributed by atoms with E-state index in [-0.39, 0.29) is 5.56 Å². The molecule has 2 rings (SSSR count). The van der Waals surface area contributed by atoms with Crippen LogP contribution in [0, 0.1) is 0 Å². The molecule has 256 valence electrons. The van der Waals surface area contributed by atoms with Gasteiger partial charge in [-0.3, -0.25) is 4.79 Å². The summed E-state index contributed by atoms with van der Waals surface area (Å²) in [6, 6.07) is 6.28. The van der Waals surface area contributed by atoms with Crippen LogP contribution in [0.2, 0.25) is 0 Å². The summed E-state index contributed by atoms with van der Waals surface area (Å²) in [6.45, 7) is 19.6. The molecular formula is C41H64N2O3. The molecule has 1 aromatic heterocycles. The van der Waals surface area contributed by atoms with Gasteiger partial charge in [0, 0.05) is 24.2 Å². The lowest BCUT2D eigenvalue weighted by Crippen LogP contribution is -2.24. The maximum absolute atomic E-state index is 14.1. The Morgan fingerprint density at radius 3 is 2.02 bits per heavy atom. The third kappa shape index (κ3) is 14.5. The first kappa shape index (κ1) is 39.0. The highest BCUT2D eigenvalue weighted by molar-refractivity contribution is 5.90. The number of pyridine rings is 1. The molecule has 0 atom stereocenters. The number of hydrogen-bond donors (Lipinski definition) is 1. The Morgan fingerprint density at radius 1 is 0.739 bits per heavy atom. The van der Waals surface area contributed by atoms with Crippen LogP contribution in [0.15, 0.2) is 69.6 Å². The van der Waals surface area contributed by atoms with Gasteiger partial charge in [0.2, 0.25) is 5.75 Å². The number of nitrogens with one attached hydrogen (secondary N) is 1. The molecule has 0 fully saturated rings. The standard InChI is InChI=1S/C41H64N2O3/c1-9-11-13-14-15-16-29-45-40-39(46-30-26-35(8)22-18-20-33(5)6)37-24-23-36(31-38(37)43(41(40)44)28-12-10-2)42-27-25-34(7)21-17-19-32(3)4/h19-20,23-26,31,42H,9-18,21-22,27-30H2,1-8H3/b34-25+,35-26+. The molecular weight excluding hydrogens is 568 g/mol. The molecule has 1 N–H and O–H groups in total. The largest absolute Gasteiger partial charge is 0.485 e. The SMILES string of the molecule is CCCCCCCCOc1c(OC/C=C(\C)CCC=C(C)C)c2ccc(NC/C=C(\C)CCC=C(C)C)cc2n(CCCC)c1=O. The third-order valence-electron chi connectivity index (χ3n) is 8.26. The highest BCUT2D eigenvalue weighted by Gasteiger charge is 2.20. The van der Waals surface area contributed by atoms with Gasteiger partial charge in [-0.05, 0) is 104 Å². The van der Waals surface area contributed by atoms with E-state index in [9.17, 15) is 4.79 Å². The zero-order valence-electron chi connectivity index (χ0n) is 30.5. The number of ether oxygens (including phenoxy) is 2. The Hall–Kier alpha value is -3.21. The predicted molar refractivity (Wildman–Crippen MR) is 201 cm³/mol. The van der Waals surface area contributed by atoms with Gasteiger partial charge in [0.25, 0.3) is 5.56 Å². The number of anilines is 1. The van der Waals surface area contributed by atoms with Gasteiger partial charge in [-0.1, -0.05) is 92.9 Å². The van der Waals surface area contributed by atoms with Gasteiger partial charge in [0.1, 0.15) is 6.61 Å². The highest BCUT2D eigenvalue weighted by atomic mass is 16.5. The summed E-state index contributed by atoms with van der Waals surface area (Å²) in [5.74, 6) is 0.914. The van der Waals surface area contributed by atoms with Crippen molar-refractivity contribution in [2.24, 2.45) is 0 Å². The van der Waals surface area contributed by atoms with Crippen LogP contribution in [0.5, 0.6) is 11.5 Å². The van der Waals surface area contributed by atoms with Gasteiger partial charge in [-0.25, -0.2) is 0 Å². The molecule has 0 radical (unpaired) electrons. The van der Waals surface area contributed by atoms with Gasteiger partial charge in [-0.15, -0.1) is 0 Å². The van der Waals surface area contributed by atoms with E-state index in [2.05, 4.69) is 103 Å². The van der Waals surface area contributed by atoms with Crippen molar-refractivity contribution in [3.63, 3.8) is 0 Å². The Bertz CT molecular complexity index is 1370. The number of aromatic nitrogens is 1. The number of allylic oxidation sites excluding steroid dienone is 6. The number of benzene rings is 1. The van der Waals surface area contributed by atoms with Crippen molar-refractivity contribution in [3.8, 4) is 11.5 Å². The van der Waals surface area contributed by atoms with Crippen molar-refractivity contribution in [1.29, 1.82) is 0 Å². The smallest absolute Gasteiger partial charge is 0.297 e. The van der Waals surface area contributed by atoms with Gasteiger partial charge in [0.05, 0.1) is 12.1 Å². The summed E-state index contributed by atoms with van der Waals surface area (Å²) in [4.78, 5) is 14.1. The average molecular weight is 633 g/mol. The van der Waals surface area contributed by atoms with Gasteiger partial charge >= 0.3 is 0 Å². The van der Waals surface area contributed by atoms with Gasteiger partial charge in [-0.2, -0.15) is 0 Å². The molecule has 5 nitrogen and oxygen atoms in total. The number of rotatable bonds is 23. The highest BCUT2D eigenvalue weighted by Crippen LogP contribution is 2.35. The van der Waals surface area contributed by atoms with Crippen LogP contribution in [-0.2, 0) is 6.54 Å². The van der Waals surface area contributed by atoms with Crippen molar-refractivity contribution >= 4 is 16.6 Å². The van der Waals surface area contributed by atoms with Crippen LogP contribution in [0.4, 0.5) is 5.69 Å². The van der Waals surface area contributed by atoms with Crippen LogP contribution >= 0.6 is 0 Å². The number of unbranched alkanes of at least 4 members (excludes halogenated alkanes) is 6. The molecule has 0 bridgehead atoms. The minimum Gasteiger partial charge on any atom is -0.485 e. The molecule has 46 heavy (non-hydrogen) atoms. The quantitative estimate of drug-likeness (QED) is 0.0978. The molecule has 1 heterocycles. The van der Waals surface area contributed by atoms with Crippen LogP contribution in [-0.4, -0.2) is 24.3 Å². The van der Waals surface area contributed by atoms with E-state index in [1.165, 1.54) is 48.0 Å². The lowest BCUT2D eigenvalue weighted by atomic mass is 10.1. The fraction of sp³-hybridized carbons (Fsp3) is 0.585. The second-order valence-electron chi connectivity index (χ2n) is 13.2.